The number of carbonyl (C=O) groups is 1. The number of aldehydes is 1. The van der Waals surface area contributed by atoms with Gasteiger partial charge in [0, 0.05) is 6.42 Å². The molecule has 0 radical (unpaired) electrons. The van der Waals surface area contributed by atoms with Gasteiger partial charge in [0.1, 0.15) is 23.4 Å². The molecule has 0 saturated carbocycles. The van der Waals surface area contributed by atoms with Gasteiger partial charge in [-0.15, -0.1) is 0 Å². The maximum Gasteiger partial charge on any atom is 0.132 e. The maximum atomic E-state index is 10.5. The molecule has 96 valence electrons. The van der Waals surface area contributed by atoms with Gasteiger partial charge in [0.05, 0.1) is 12.7 Å². The van der Waals surface area contributed by atoms with Crippen LogP contribution in [0, 0.1) is 6.92 Å². The number of hydrogen-bond acceptors (Lipinski definition) is 3. The number of carbonyl (C=O) groups excluding carboxylic acids is 1. The predicted molar refractivity (Wildman–Crippen MR) is 71.1 cm³/mol. The summed E-state index contributed by atoms with van der Waals surface area (Å²) in [5, 5.41) is 0. The van der Waals surface area contributed by atoms with E-state index in [9.17, 15) is 4.79 Å². The second kappa shape index (κ2) is 4.84. The minimum atomic E-state index is -0.409. The van der Waals surface area contributed by atoms with E-state index in [2.05, 4.69) is 0 Å². The molecular formula is C15H18O3. The number of hydrogen-bond donors (Lipinski definition) is 0. The molecule has 0 spiro atoms. The van der Waals surface area contributed by atoms with Gasteiger partial charge in [-0.1, -0.05) is 6.07 Å². The molecule has 1 aromatic rings. The fraction of sp³-hybridized carbons (Fsp3) is 0.400. The lowest BCUT2D eigenvalue weighted by atomic mass is 9.94. The molecule has 1 unspecified atom stereocenters. The van der Waals surface area contributed by atoms with Crippen molar-refractivity contribution < 1.29 is 14.3 Å². The van der Waals surface area contributed by atoms with Crippen LogP contribution in [0.4, 0.5) is 0 Å². The van der Waals surface area contributed by atoms with Crippen LogP contribution in [0.2, 0.25) is 0 Å². The van der Waals surface area contributed by atoms with Crippen LogP contribution in [-0.4, -0.2) is 19.0 Å². The summed E-state index contributed by atoms with van der Waals surface area (Å²) < 4.78 is 11.4. The van der Waals surface area contributed by atoms with E-state index in [1.165, 1.54) is 0 Å². The zero-order valence-corrected chi connectivity index (χ0v) is 11.0. The Hall–Kier alpha value is -1.77. The second-order valence-electron chi connectivity index (χ2n) is 4.78. The average molecular weight is 246 g/mol. The number of ether oxygens (including phenoxy) is 2. The van der Waals surface area contributed by atoms with E-state index in [4.69, 9.17) is 9.47 Å². The molecule has 1 aliphatic rings. The van der Waals surface area contributed by atoms with Crippen molar-refractivity contribution in [2.75, 3.05) is 7.11 Å². The molecule has 0 N–H and O–H groups in total. The van der Waals surface area contributed by atoms with Crippen LogP contribution in [0.5, 0.6) is 11.5 Å². The van der Waals surface area contributed by atoms with Crippen molar-refractivity contribution in [3.63, 3.8) is 0 Å². The molecule has 0 amide bonds. The lowest BCUT2D eigenvalue weighted by Gasteiger charge is -2.32. The van der Waals surface area contributed by atoms with Gasteiger partial charge >= 0.3 is 0 Å². The molecule has 3 nitrogen and oxygen atoms in total. The second-order valence-corrected chi connectivity index (χ2v) is 4.78. The molecule has 1 aliphatic heterocycles. The quantitative estimate of drug-likeness (QED) is 0.766. The van der Waals surface area contributed by atoms with Crippen LogP contribution >= 0.6 is 0 Å². The molecule has 0 saturated heterocycles. The van der Waals surface area contributed by atoms with Crippen LogP contribution in [0.3, 0.4) is 0 Å². The van der Waals surface area contributed by atoms with Crippen LogP contribution in [-0.2, 0) is 4.79 Å². The Balaban J connectivity index is 2.35. The van der Waals surface area contributed by atoms with E-state index in [1.54, 1.807) is 7.11 Å². The van der Waals surface area contributed by atoms with Gasteiger partial charge in [-0.05, 0) is 44.1 Å². The van der Waals surface area contributed by atoms with Crippen LogP contribution in [0.25, 0.3) is 6.08 Å². The first-order chi connectivity index (χ1) is 8.59. The van der Waals surface area contributed by atoms with Crippen molar-refractivity contribution >= 4 is 12.4 Å². The molecule has 1 atom stereocenters. The summed E-state index contributed by atoms with van der Waals surface area (Å²) in [6.07, 6.45) is 6.13. The number of fused-ring (bicyclic) bond motifs is 1. The van der Waals surface area contributed by atoms with E-state index < -0.39 is 5.60 Å². The van der Waals surface area contributed by atoms with Gasteiger partial charge in [-0.3, -0.25) is 0 Å². The van der Waals surface area contributed by atoms with Crippen molar-refractivity contribution in [3.05, 3.63) is 29.3 Å². The Labute approximate surface area is 107 Å². The minimum Gasteiger partial charge on any atom is -0.496 e. The number of benzene rings is 1. The third kappa shape index (κ3) is 2.26. The van der Waals surface area contributed by atoms with E-state index in [1.807, 2.05) is 38.1 Å². The topological polar surface area (TPSA) is 35.5 Å². The molecule has 0 aromatic heterocycles. The molecule has 0 aliphatic carbocycles. The fourth-order valence-electron chi connectivity index (χ4n) is 2.23. The van der Waals surface area contributed by atoms with Gasteiger partial charge in [0.2, 0.25) is 0 Å². The zero-order valence-electron chi connectivity index (χ0n) is 11.0. The number of aryl methyl sites for hydroxylation is 1. The molecule has 0 bridgehead atoms. The van der Waals surface area contributed by atoms with Crippen molar-refractivity contribution in [1.82, 2.24) is 0 Å². The first-order valence-corrected chi connectivity index (χ1v) is 6.09. The summed E-state index contributed by atoms with van der Waals surface area (Å²) in [7, 11) is 1.66. The SMILES string of the molecule is COc1c(C)ccc2c1C=CC(C)(CCC=O)O2. The molecule has 0 fully saturated rings. The van der Waals surface area contributed by atoms with E-state index in [0.717, 1.165) is 28.9 Å². The minimum absolute atomic E-state index is 0.409. The van der Waals surface area contributed by atoms with Gasteiger partial charge in [0.25, 0.3) is 0 Å². The van der Waals surface area contributed by atoms with Gasteiger partial charge in [-0.25, -0.2) is 0 Å². The van der Waals surface area contributed by atoms with Crippen molar-refractivity contribution in [3.8, 4) is 11.5 Å². The van der Waals surface area contributed by atoms with Crippen LogP contribution < -0.4 is 9.47 Å². The van der Waals surface area contributed by atoms with Crippen LogP contribution in [0.15, 0.2) is 18.2 Å². The lowest BCUT2D eigenvalue weighted by Crippen LogP contribution is -2.32. The maximum absolute atomic E-state index is 10.5. The van der Waals surface area contributed by atoms with Gasteiger partial charge in [-0.2, -0.15) is 0 Å². The predicted octanol–water partition coefficient (Wildman–Crippen LogP) is 3.15. The van der Waals surface area contributed by atoms with Gasteiger partial charge < -0.3 is 14.3 Å². The first-order valence-electron chi connectivity index (χ1n) is 6.09. The number of methoxy groups -OCH3 is 1. The van der Waals surface area contributed by atoms with E-state index in [-0.39, 0.29) is 0 Å². The van der Waals surface area contributed by atoms with Crippen molar-refractivity contribution in [2.24, 2.45) is 0 Å². The highest BCUT2D eigenvalue weighted by molar-refractivity contribution is 5.69. The number of rotatable bonds is 4. The Morgan fingerprint density at radius 2 is 2.22 bits per heavy atom. The van der Waals surface area contributed by atoms with Gasteiger partial charge in [0.15, 0.2) is 0 Å². The Morgan fingerprint density at radius 3 is 2.89 bits per heavy atom. The highest BCUT2D eigenvalue weighted by atomic mass is 16.5. The lowest BCUT2D eigenvalue weighted by molar-refractivity contribution is -0.108. The summed E-state index contributed by atoms with van der Waals surface area (Å²) in [6, 6.07) is 3.94. The first kappa shape index (κ1) is 12.7. The Kier molecular flexibility index (Phi) is 3.41. The summed E-state index contributed by atoms with van der Waals surface area (Å²) in [5.41, 5.74) is 1.65. The highest BCUT2D eigenvalue weighted by Crippen LogP contribution is 2.39. The normalized spacial score (nSPS) is 21.1. The Bertz CT molecular complexity index is 491. The molecule has 18 heavy (non-hydrogen) atoms. The summed E-state index contributed by atoms with van der Waals surface area (Å²) in [5.74, 6) is 1.66. The van der Waals surface area contributed by atoms with Crippen molar-refractivity contribution in [2.45, 2.75) is 32.3 Å². The largest absolute Gasteiger partial charge is 0.496 e. The third-order valence-corrected chi connectivity index (χ3v) is 3.26. The van der Waals surface area contributed by atoms with Crippen LogP contribution in [0.1, 0.15) is 30.9 Å². The monoisotopic (exact) mass is 246 g/mol. The van der Waals surface area contributed by atoms with Crippen molar-refractivity contribution in [1.29, 1.82) is 0 Å². The molecule has 1 aromatic carbocycles. The van der Waals surface area contributed by atoms with E-state index >= 15 is 0 Å². The zero-order chi connectivity index (χ0) is 13.2. The summed E-state index contributed by atoms with van der Waals surface area (Å²) in [6.45, 7) is 4.00. The summed E-state index contributed by atoms with van der Waals surface area (Å²) >= 11 is 0. The molecule has 1 heterocycles. The molecule has 2 rings (SSSR count). The molecular weight excluding hydrogens is 228 g/mol. The molecule has 3 heteroatoms. The Morgan fingerprint density at radius 1 is 1.44 bits per heavy atom. The standard InChI is InChI=1S/C15H18O3/c1-11-5-6-13-12(14(11)17-3)7-9-15(2,18-13)8-4-10-16/h5-7,9-10H,4,8H2,1-3H3. The third-order valence-electron chi connectivity index (χ3n) is 3.26. The van der Waals surface area contributed by atoms with E-state index in [0.29, 0.717) is 12.8 Å². The summed E-state index contributed by atoms with van der Waals surface area (Å²) in [4.78, 5) is 10.5. The average Bonchev–Trinajstić information content (AvgIpc) is 2.37. The fourth-order valence-corrected chi connectivity index (χ4v) is 2.23. The smallest absolute Gasteiger partial charge is 0.132 e. The highest BCUT2D eigenvalue weighted by Gasteiger charge is 2.28.